The Bertz CT molecular complexity index is 774. The first-order valence-corrected chi connectivity index (χ1v) is 8.35. The summed E-state index contributed by atoms with van der Waals surface area (Å²) in [6.45, 7) is 3.79. The zero-order valence-corrected chi connectivity index (χ0v) is 15.0. The zero-order chi connectivity index (χ0) is 19.1. The van der Waals surface area contributed by atoms with Crippen LogP contribution < -0.4 is 10.1 Å². The quantitative estimate of drug-likeness (QED) is 0.755. The van der Waals surface area contributed by atoms with Crippen LogP contribution in [0.3, 0.4) is 0 Å². The number of halogens is 1. The van der Waals surface area contributed by atoms with E-state index in [1.165, 1.54) is 24.8 Å². The van der Waals surface area contributed by atoms with Crippen LogP contribution in [0, 0.1) is 5.82 Å². The van der Waals surface area contributed by atoms with Gasteiger partial charge in [0, 0.05) is 5.69 Å². The van der Waals surface area contributed by atoms with Crippen molar-refractivity contribution in [2.75, 3.05) is 19.0 Å². The number of methoxy groups -OCH3 is 1. The van der Waals surface area contributed by atoms with Gasteiger partial charge in [-0.05, 0) is 48.2 Å². The van der Waals surface area contributed by atoms with Crippen LogP contribution in [-0.4, -0.2) is 25.6 Å². The van der Waals surface area contributed by atoms with Gasteiger partial charge in [-0.25, -0.2) is 9.18 Å². The molecule has 6 heteroatoms. The van der Waals surface area contributed by atoms with Crippen LogP contribution in [0.5, 0.6) is 5.75 Å². The van der Waals surface area contributed by atoms with Gasteiger partial charge in [-0.2, -0.15) is 0 Å². The molecule has 0 spiro atoms. The molecule has 0 heterocycles. The fourth-order valence-electron chi connectivity index (χ4n) is 2.34. The van der Waals surface area contributed by atoms with Crippen molar-refractivity contribution in [1.29, 1.82) is 0 Å². The molecule has 0 aliphatic carbocycles. The second kappa shape index (κ2) is 8.99. The van der Waals surface area contributed by atoms with Crippen molar-refractivity contribution >= 4 is 17.6 Å². The highest BCUT2D eigenvalue weighted by atomic mass is 19.1. The van der Waals surface area contributed by atoms with E-state index in [-0.39, 0.29) is 11.3 Å². The first-order valence-electron chi connectivity index (χ1n) is 8.35. The lowest BCUT2D eigenvalue weighted by Gasteiger charge is -2.11. The van der Waals surface area contributed by atoms with E-state index >= 15 is 0 Å². The molecule has 0 radical (unpaired) electrons. The molecule has 0 saturated heterocycles. The average Bonchev–Trinajstić information content (AvgIpc) is 2.66. The molecule has 26 heavy (non-hydrogen) atoms. The number of benzene rings is 2. The van der Waals surface area contributed by atoms with Crippen LogP contribution in [-0.2, 0) is 9.53 Å². The number of anilines is 1. The van der Waals surface area contributed by atoms with Crippen molar-refractivity contribution in [1.82, 2.24) is 0 Å². The first-order chi connectivity index (χ1) is 12.4. The van der Waals surface area contributed by atoms with Gasteiger partial charge >= 0.3 is 5.97 Å². The van der Waals surface area contributed by atoms with Gasteiger partial charge in [-0.3, -0.25) is 4.79 Å². The van der Waals surface area contributed by atoms with Crippen LogP contribution in [0.4, 0.5) is 10.1 Å². The highest BCUT2D eigenvalue weighted by molar-refractivity contribution is 5.95. The summed E-state index contributed by atoms with van der Waals surface area (Å²) in [4.78, 5) is 23.8. The molecule has 0 aromatic heterocycles. The third kappa shape index (κ3) is 5.05. The summed E-state index contributed by atoms with van der Waals surface area (Å²) in [6.07, 6.45) is 1.04. The molecule has 1 atom stereocenters. The Kier molecular flexibility index (Phi) is 6.72. The lowest BCUT2D eigenvalue weighted by Crippen LogP contribution is -2.21. The lowest BCUT2D eigenvalue weighted by molar-refractivity contribution is -0.119. The largest absolute Gasteiger partial charge is 0.494 e. The van der Waals surface area contributed by atoms with Gasteiger partial charge in [0.05, 0.1) is 12.7 Å². The van der Waals surface area contributed by atoms with Crippen LogP contribution in [0.1, 0.15) is 42.1 Å². The molecule has 2 rings (SSSR count). The minimum Gasteiger partial charge on any atom is -0.494 e. The number of esters is 1. The molecular formula is C20H22FNO4. The van der Waals surface area contributed by atoms with Gasteiger partial charge < -0.3 is 14.8 Å². The SMILES string of the molecule is CC[C@@H](C)c1ccc(NC(=O)COC(=O)c2ccc(OC)c(F)c2)cc1. The Hall–Kier alpha value is -2.89. The van der Waals surface area contributed by atoms with E-state index in [4.69, 9.17) is 9.47 Å². The van der Waals surface area contributed by atoms with Crippen LogP contribution >= 0.6 is 0 Å². The molecule has 0 saturated carbocycles. The molecule has 0 bridgehead atoms. The fraction of sp³-hybridized carbons (Fsp3) is 0.300. The van der Waals surface area contributed by atoms with Crippen molar-refractivity contribution in [3.63, 3.8) is 0 Å². The first kappa shape index (κ1) is 19.4. The molecule has 0 aliphatic heterocycles. The maximum Gasteiger partial charge on any atom is 0.338 e. The Morgan fingerprint density at radius 1 is 1.15 bits per heavy atom. The maximum absolute atomic E-state index is 13.6. The Morgan fingerprint density at radius 3 is 2.42 bits per heavy atom. The standard InChI is InChI=1S/C20H22FNO4/c1-4-13(2)14-5-8-16(9-6-14)22-19(23)12-26-20(24)15-7-10-18(25-3)17(21)11-15/h5-11,13H,4,12H2,1-3H3,(H,22,23)/t13-/m1/s1. The van der Waals surface area contributed by atoms with Crippen LogP contribution in [0.25, 0.3) is 0 Å². The van der Waals surface area contributed by atoms with E-state index in [9.17, 15) is 14.0 Å². The van der Waals surface area contributed by atoms with Crippen molar-refractivity contribution in [3.05, 3.63) is 59.4 Å². The van der Waals surface area contributed by atoms with E-state index in [2.05, 4.69) is 19.2 Å². The summed E-state index contributed by atoms with van der Waals surface area (Å²) in [5.74, 6) is -1.45. The topological polar surface area (TPSA) is 64.6 Å². The molecule has 5 nitrogen and oxygen atoms in total. The normalized spacial score (nSPS) is 11.5. The number of nitrogens with one attached hydrogen (secondary N) is 1. The fourth-order valence-corrected chi connectivity index (χ4v) is 2.34. The third-order valence-corrected chi connectivity index (χ3v) is 4.10. The number of ether oxygens (including phenoxy) is 2. The molecule has 2 aromatic rings. The van der Waals surface area contributed by atoms with Crippen LogP contribution in [0.15, 0.2) is 42.5 Å². The highest BCUT2D eigenvalue weighted by Gasteiger charge is 2.13. The van der Waals surface area contributed by atoms with Crippen molar-refractivity contribution < 1.29 is 23.5 Å². The van der Waals surface area contributed by atoms with Crippen molar-refractivity contribution in [3.8, 4) is 5.75 Å². The molecule has 1 N–H and O–H groups in total. The number of carbonyl (C=O) groups excluding carboxylic acids is 2. The minimum absolute atomic E-state index is 0.00834. The van der Waals surface area contributed by atoms with E-state index < -0.39 is 24.3 Å². The zero-order valence-electron chi connectivity index (χ0n) is 15.0. The number of carbonyl (C=O) groups is 2. The predicted molar refractivity (Wildman–Crippen MR) is 97.0 cm³/mol. The van der Waals surface area contributed by atoms with Crippen molar-refractivity contribution in [2.45, 2.75) is 26.2 Å². The molecule has 2 aromatic carbocycles. The number of amides is 1. The monoisotopic (exact) mass is 359 g/mol. The van der Waals surface area contributed by atoms with E-state index in [0.29, 0.717) is 11.6 Å². The molecular weight excluding hydrogens is 337 g/mol. The second-order valence-electron chi connectivity index (χ2n) is 5.90. The lowest BCUT2D eigenvalue weighted by atomic mass is 9.99. The van der Waals surface area contributed by atoms with Gasteiger partial charge in [-0.15, -0.1) is 0 Å². The van der Waals surface area contributed by atoms with E-state index in [1.54, 1.807) is 12.1 Å². The number of hydrogen-bond donors (Lipinski definition) is 1. The minimum atomic E-state index is -0.783. The molecule has 138 valence electrons. The van der Waals surface area contributed by atoms with Gasteiger partial charge in [0.25, 0.3) is 5.91 Å². The van der Waals surface area contributed by atoms with Gasteiger partial charge in [-0.1, -0.05) is 26.0 Å². The number of rotatable bonds is 7. The smallest absolute Gasteiger partial charge is 0.338 e. The Morgan fingerprint density at radius 2 is 1.85 bits per heavy atom. The summed E-state index contributed by atoms with van der Waals surface area (Å²) >= 11 is 0. The summed E-state index contributed by atoms with van der Waals surface area (Å²) in [5.41, 5.74) is 1.82. The van der Waals surface area contributed by atoms with Gasteiger partial charge in [0.15, 0.2) is 18.2 Å². The predicted octanol–water partition coefficient (Wildman–Crippen LogP) is 4.14. The second-order valence-corrected chi connectivity index (χ2v) is 5.90. The summed E-state index contributed by atoms with van der Waals surface area (Å²) in [5, 5.41) is 2.65. The van der Waals surface area contributed by atoms with Gasteiger partial charge in [0.2, 0.25) is 0 Å². The third-order valence-electron chi connectivity index (χ3n) is 4.10. The summed E-state index contributed by atoms with van der Waals surface area (Å²) in [6, 6.07) is 11.2. The number of hydrogen-bond acceptors (Lipinski definition) is 4. The van der Waals surface area contributed by atoms with Crippen LogP contribution in [0.2, 0.25) is 0 Å². The summed E-state index contributed by atoms with van der Waals surface area (Å²) < 4.78 is 23.3. The molecule has 0 unspecified atom stereocenters. The Labute approximate surface area is 152 Å². The van der Waals surface area contributed by atoms with E-state index in [1.807, 2.05) is 12.1 Å². The molecule has 0 aliphatic rings. The van der Waals surface area contributed by atoms with Gasteiger partial charge in [0.1, 0.15) is 0 Å². The Balaban J connectivity index is 1.88. The van der Waals surface area contributed by atoms with E-state index in [0.717, 1.165) is 12.5 Å². The maximum atomic E-state index is 13.6. The highest BCUT2D eigenvalue weighted by Crippen LogP contribution is 2.20. The van der Waals surface area contributed by atoms with Crippen molar-refractivity contribution in [2.24, 2.45) is 0 Å². The average molecular weight is 359 g/mol. The summed E-state index contributed by atoms with van der Waals surface area (Å²) in [7, 11) is 1.33. The molecule has 1 amide bonds. The molecule has 0 fully saturated rings.